The summed E-state index contributed by atoms with van der Waals surface area (Å²) in [5.41, 5.74) is 1.01. The summed E-state index contributed by atoms with van der Waals surface area (Å²) in [6.45, 7) is 0. The average Bonchev–Trinajstić information content (AvgIpc) is 2.57. The van der Waals surface area contributed by atoms with Crippen molar-refractivity contribution in [1.82, 2.24) is 0 Å². The number of amides is 1. The maximum Gasteiger partial charge on any atom is 0.389 e. The van der Waals surface area contributed by atoms with Gasteiger partial charge in [0.25, 0.3) is 0 Å². The molecule has 0 saturated heterocycles. The van der Waals surface area contributed by atoms with Gasteiger partial charge in [0, 0.05) is 26.2 Å². The zero-order valence-corrected chi connectivity index (χ0v) is 12.6. The number of benzene rings is 1. The van der Waals surface area contributed by atoms with Crippen LogP contribution in [0.5, 0.6) is 0 Å². The van der Waals surface area contributed by atoms with Gasteiger partial charge in [-0.05, 0) is 18.2 Å². The van der Waals surface area contributed by atoms with Crippen molar-refractivity contribution in [3.8, 4) is 0 Å². The topological polar surface area (TPSA) is 69.7 Å². The zero-order chi connectivity index (χ0) is 16.7. The van der Waals surface area contributed by atoms with Gasteiger partial charge in [0.1, 0.15) is 0 Å². The summed E-state index contributed by atoms with van der Waals surface area (Å²) >= 11 is 0. The first-order chi connectivity index (χ1) is 10.0. The second-order valence-corrected chi connectivity index (χ2v) is 6.80. The number of fused-ring (bicyclic) bond motifs is 1. The number of hydrogen-bond donors (Lipinski definition) is 1. The zero-order valence-electron chi connectivity index (χ0n) is 11.8. The number of nitrogens with one attached hydrogen (secondary N) is 1. The van der Waals surface area contributed by atoms with E-state index in [1.54, 1.807) is 0 Å². The van der Waals surface area contributed by atoms with Crippen molar-refractivity contribution in [3.05, 3.63) is 18.2 Å². The van der Waals surface area contributed by atoms with Gasteiger partial charge in [0.05, 0.1) is 17.8 Å². The Kier molecular flexibility index (Phi) is 3.98. The Labute approximate surface area is 125 Å². The molecule has 0 atom stereocenters. The summed E-state index contributed by atoms with van der Waals surface area (Å²) in [6.07, 6.45) is -6.29. The highest BCUT2D eigenvalue weighted by molar-refractivity contribution is 7.94. The van der Waals surface area contributed by atoms with Crippen LogP contribution in [0.2, 0.25) is 0 Å². The number of carbonyl (C=O) groups is 1. The molecule has 0 aromatic heterocycles. The van der Waals surface area contributed by atoms with Crippen LogP contribution >= 0.6 is 0 Å². The third-order valence-corrected chi connectivity index (χ3v) is 5.04. The Morgan fingerprint density at radius 1 is 1.18 bits per heavy atom. The molecular formula is C12H14F3N3O3S. The first-order valence-electron chi connectivity index (χ1n) is 6.26. The van der Waals surface area contributed by atoms with Crippen LogP contribution in [0.1, 0.15) is 12.8 Å². The van der Waals surface area contributed by atoms with Gasteiger partial charge in [-0.15, -0.1) is 0 Å². The number of carbonyl (C=O) groups excluding carboxylic acids is 1. The molecule has 1 aromatic rings. The summed E-state index contributed by atoms with van der Waals surface area (Å²) in [5, 5.41) is 2.33. The van der Waals surface area contributed by atoms with Gasteiger partial charge in [-0.1, -0.05) is 0 Å². The number of halogens is 3. The molecule has 0 bridgehead atoms. The molecule has 10 heteroatoms. The molecule has 0 spiro atoms. The lowest BCUT2D eigenvalue weighted by Crippen LogP contribution is -2.32. The third-order valence-electron chi connectivity index (χ3n) is 3.27. The normalized spacial score (nSPS) is 16.6. The van der Waals surface area contributed by atoms with E-state index in [4.69, 9.17) is 0 Å². The minimum Gasteiger partial charge on any atom is -0.326 e. The summed E-state index contributed by atoms with van der Waals surface area (Å²) in [4.78, 5) is 11.5. The minimum atomic E-state index is -4.40. The largest absolute Gasteiger partial charge is 0.389 e. The van der Waals surface area contributed by atoms with Crippen molar-refractivity contribution in [1.29, 1.82) is 0 Å². The van der Waals surface area contributed by atoms with E-state index in [2.05, 4.69) is 5.32 Å². The van der Waals surface area contributed by atoms with Gasteiger partial charge in [0.2, 0.25) is 5.91 Å². The number of hydrogen-bond acceptors (Lipinski definition) is 3. The molecule has 1 aliphatic rings. The van der Waals surface area contributed by atoms with Crippen LogP contribution < -0.4 is 13.9 Å². The second kappa shape index (κ2) is 5.34. The van der Waals surface area contributed by atoms with Crippen LogP contribution in [0.4, 0.5) is 30.2 Å². The van der Waals surface area contributed by atoms with Gasteiger partial charge >= 0.3 is 16.4 Å². The van der Waals surface area contributed by atoms with E-state index in [0.717, 1.165) is 8.61 Å². The molecule has 0 fully saturated rings. The van der Waals surface area contributed by atoms with Crippen LogP contribution in [-0.4, -0.2) is 34.6 Å². The molecule has 122 valence electrons. The predicted octanol–water partition coefficient (Wildman–Crippen LogP) is 2.10. The van der Waals surface area contributed by atoms with E-state index in [1.165, 1.54) is 32.3 Å². The fraction of sp³-hybridized carbons (Fsp3) is 0.417. The van der Waals surface area contributed by atoms with Crippen LogP contribution in [-0.2, 0) is 15.0 Å². The molecule has 0 aliphatic carbocycles. The van der Waals surface area contributed by atoms with Gasteiger partial charge < -0.3 is 5.32 Å². The molecule has 6 nitrogen and oxygen atoms in total. The van der Waals surface area contributed by atoms with E-state index in [0.29, 0.717) is 11.4 Å². The van der Waals surface area contributed by atoms with E-state index >= 15 is 0 Å². The molecule has 1 aromatic carbocycles. The van der Waals surface area contributed by atoms with Crippen molar-refractivity contribution in [2.45, 2.75) is 19.0 Å². The van der Waals surface area contributed by atoms with Crippen molar-refractivity contribution in [2.24, 2.45) is 0 Å². The first-order valence-corrected chi connectivity index (χ1v) is 7.65. The standard InChI is InChI=1S/C12H14F3N3O3S/c1-17-9-4-3-8(7-10(9)18(2)22(17,20)21)16-11(19)5-6-12(13,14)15/h3-4,7H,5-6H2,1-2H3,(H,16,19). The predicted molar refractivity (Wildman–Crippen MR) is 76.1 cm³/mol. The summed E-state index contributed by atoms with van der Waals surface area (Å²) in [7, 11) is -0.890. The lowest BCUT2D eigenvalue weighted by atomic mass is 10.2. The molecule has 0 saturated carbocycles. The summed E-state index contributed by atoms with van der Waals surface area (Å²) < 4.78 is 62.2. The summed E-state index contributed by atoms with van der Waals surface area (Å²) in [5.74, 6) is -0.783. The van der Waals surface area contributed by atoms with E-state index in [-0.39, 0.29) is 5.69 Å². The number of rotatable bonds is 3. The van der Waals surface area contributed by atoms with Crippen molar-refractivity contribution in [2.75, 3.05) is 28.0 Å². The second-order valence-electron chi connectivity index (χ2n) is 4.81. The van der Waals surface area contributed by atoms with Crippen LogP contribution in [0.3, 0.4) is 0 Å². The Morgan fingerprint density at radius 3 is 2.36 bits per heavy atom. The maximum atomic E-state index is 12.1. The van der Waals surface area contributed by atoms with Crippen LogP contribution in [0, 0.1) is 0 Å². The highest BCUT2D eigenvalue weighted by Gasteiger charge is 2.35. The van der Waals surface area contributed by atoms with Gasteiger partial charge in [-0.25, -0.2) is 0 Å². The van der Waals surface area contributed by atoms with Crippen molar-refractivity contribution < 1.29 is 26.4 Å². The molecule has 0 radical (unpaired) electrons. The summed E-state index contributed by atoms with van der Waals surface area (Å²) in [6, 6.07) is 4.33. The fourth-order valence-electron chi connectivity index (χ4n) is 2.03. The Balaban J connectivity index is 2.14. The molecule has 0 unspecified atom stereocenters. The average molecular weight is 337 g/mol. The van der Waals surface area contributed by atoms with E-state index in [1.807, 2.05) is 0 Å². The molecule has 2 rings (SSSR count). The lowest BCUT2D eigenvalue weighted by molar-refractivity contribution is -0.142. The molecule has 1 heterocycles. The molecule has 22 heavy (non-hydrogen) atoms. The van der Waals surface area contributed by atoms with Gasteiger partial charge in [-0.2, -0.15) is 21.6 Å². The van der Waals surface area contributed by atoms with E-state index in [9.17, 15) is 26.4 Å². The first kappa shape index (κ1) is 16.4. The maximum absolute atomic E-state index is 12.1. The number of nitrogens with zero attached hydrogens (tertiary/aromatic N) is 2. The van der Waals surface area contributed by atoms with E-state index < -0.39 is 35.1 Å². The molecule has 1 N–H and O–H groups in total. The molecule has 1 amide bonds. The van der Waals surface area contributed by atoms with Crippen molar-refractivity contribution >= 4 is 33.2 Å². The lowest BCUT2D eigenvalue weighted by Gasteiger charge is -2.13. The quantitative estimate of drug-likeness (QED) is 0.918. The van der Waals surface area contributed by atoms with Gasteiger partial charge in [0.15, 0.2) is 0 Å². The monoisotopic (exact) mass is 337 g/mol. The van der Waals surface area contributed by atoms with Crippen molar-refractivity contribution in [3.63, 3.8) is 0 Å². The number of anilines is 3. The Hall–Kier alpha value is -1.97. The minimum absolute atomic E-state index is 0.239. The molecule has 1 aliphatic heterocycles. The Morgan fingerprint density at radius 2 is 1.77 bits per heavy atom. The smallest absolute Gasteiger partial charge is 0.326 e. The Bertz CT molecular complexity index is 703. The van der Waals surface area contributed by atoms with Gasteiger partial charge in [-0.3, -0.25) is 13.4 Å². The third kappa shape index (κ3) is 3.11. The fourth-order valence-corrected chi connectivity index (χ4v) is 3.20. The number of alkyl halides is 3. The van der Waals surface area contributed by atoms with Crippen LogP contribution in [0.15, 0.2) is 18.2 Å². The molecular weight excluding hydrogens is 323 g/mol. The SMILES string of the molecule is CN1c2ccc(NC(=O)CCC(F)(F)F)cc2N(C)S1(=O)=O. The highest BCUT2D eigenvalue weighted by atomic mass is 32.2. The highest BCUT2D eigenvalue weighted by Crippen LogP contribution is 2.40. The van der Waals surface area contributed by atoms with Crippen LogP contribution in [0.25, 0.3) is 0 Å².